The number of sulfone groups is 1. The lowest BCUT2D eigenvalue weighted by Crippen LogP contribution is -2.36. The Morgan fingerprint density at radius 2 is 2.32 bits per heavy atom. The van der Waals surface area contributed by atoms with Crippen LogP contribution >= 0.6 is 0 Å². The highest BCUT2D eigenvalue weighted by Gasteiger charge is 2.34. The standard InChI is InChI=1S/C13H23N3O2S/c1-3-14-12(13-15-7-8-16-13)10-5-4-6-11(9-10)19(2,17)18/h7-8,10-12,14H,3-6,9H2,1-2H3,(H,15,16). The van der Waals surface area contributed by atoms with E-state index in [1.165, 1.54) is 6.26 Å². The minimum absolute atomic E-state index is 0.129. The fourth-order valence-electron chi connectivity index (χ4n) is 3.03. The summed E-state index contributed by atoms with van der Waals surface area (Å²) in [5.74, 6) is 1.25. The van der Waals surface area contributed by atoms with Crippen molar-refractivity contribution < 1.29 is 8.42 Å². The molecular formula is C13H23N3O2S. The van der Waals surface area contributed by atoms with Gasteiger partial charge in [-0.1, -0.05) is 13.3 Å². The third-order valence-electron chi connectivity index (χ3n) is 3.98. The zero-order chi connectivity index (χ0) is 13.9. The van der Waals surface area contributed by atoms with Gasteiger partial charge in [0.15, 0.2) is 0 Å². The van der Waals surface area contributed by atoms with Crippen LogP contribution in [0.1, 0.15) is 44.5 Å². The van der Waals surface area contributed by atoms with Crippen LogP contribution in [-0.2, 0) is 9.84 Å². The van der Waals surface area contributed by atoms with Gasteiger partial charge in [0.1, 0.15) is 15.7 Å². The first-order valence-electron chi connectivity index (χ1n) is 6.94. The number of hydrogen-bond acceptors (Lipinski definition) is 4. The van der Waals surface area contributed by atoms with Crippen LogP contribution in [0.5, 0.6) is 0 Å². The van der Waals surface area contributed by atoms with Gasteiger partial charge in [-0.3, -0.25) is 0 Å². The van der Waals surface area contributed by atoms with Crippen molar-refractivity contribution in [2.45, 2.75) is 43.9 Å². The third kappa shape index (κ3) is 3.57. The summed E-state index contributed by atoms with van der Waals surface area (Å²) in [7, 11) is -2.93. The highest BCUT2D eigenvalue weighted by molar-refractivity contribution is 7.91. The molecule has 0 spiro atoms. The van der Waals surface area contributed by atoms with E-state index in [1.807, 2.05) is 6.20 Å². The molecule has 1 aromatic heterocycles. The molecule has 1 aromatic rings. The molecule has 3 unspecified atom stereocenters. The van der Waals surface area contributed by atoms with Crippen LogP contribution in [0.4, 0.5) is 0 Å². The summed E-state index contributed by atoms with van der Waals surface area (Å²) in [6.07, 6.45) is 8.49. The fourth-order valence-corrected chi connectivity index (χ4v) is 4.22. The molecule has 3 atom stereocenters. The molecule has 1 saturated carbocycles. The SMILES string of the molecule is CCNC(c1ncc[nH]1)C1CCCC(S(C)(=O)=O)C1. The Balaban J connectivity index is 2.13. The summed E-state index contributed by atoms with van der Waals surface area (Å²) in [5.41, 5.74) is 0. The van der Waals surface area contributed by atoms with E-state index in [-0.39, 0.29) is 11.3 Å². The molecule has 0 aromatic carbocycles. The van der Waals surface area contributed by atoms with Gasteiger partial charge >= 0.3 is 0 Å². The predicted molar refractivity (Wildman–Crippen MR) is 75.6 cm³/mol. The largest absolute Gasteiger partial charge is 0.347 e. The Morgan fingerprint density at radius 3 is 2.89 bits per heavy atom. The molecule has 1 aliphatic rings. The van der Waals surface area contributed by atoms with Crippen molar-refractivity contribution in [3.63, 3.8) is 0 Å². The lowest BCUT2D eigenvalue weighted by atomic mass is 9.83. The average molecular weight is 285 g/mol. The number of rotatable bonds is 5. The minimum atomic E-state index is -2.93. The molecule has 108 valence electrons. The van der Waals surface area contributed by atoms with Crippen LogP contribution in [0.25, 0.3) is 0 Å². The quantitative estimate of drug-likeness (QED) is 0.863. The summed E-state index contributed by atoms with van der Waals surface area (Å²) >= 11 is 0. The van der Waals surface area contributed by atoms with Crippen molar-refractivity contribution in [2.75, 3.05) is 12.8 Å². The zero-order valence-electron chi connectivity index (χ0n) is 11.6. The van der Waals surface area contributed by atoms with Gasteiger partial charge in [-0.15, -0.1) is 0 Å². The lowest BCUT2D eigenvalue weighted by Gasteiger charge is -2.33. The van der Waals surface area contributed by atoms with Crippen molar-refractivity contribution in [1.29, 1.82) is 0 Å². The molecule has 0 aliphatic heterocycles. The van der Waals surface area contributed by atoms with Crippen molar-refractivity contribution in [3.05, 3.63) is 18.2 Å². The highest BCUT2D eigenvalue weighted by atomic mass is 32.2. The summed E-state index contributed by atoms with van der Waals surface area (Å²) < 4.78 is 23.5. The van der Waals surface area contributed by atoms with Gasteiger partial charge in [0.05, 0.1) is 11.3 Å². The minimum Gasteiger partial charge on any atom is -0.347 e. The molecule has 6 heteroatoms. The Kier molecular flexibility index (Phi) is 4.62. The van der Waals surface area contributed by atoms with E-state index in [2.05, 4.69) is 22.2 Å². The van der Waals surface area contributed by atoms with E-state index in [4.69, 9.17) is 0 Å². The first kappa shape index (κ1) is 14.5. The smallest absolute Gasteiger partial charge is 0.150 e. The van der Waals surface area contributed by atoms with Crippen LogP contribution in [0.2, 0.25) is 0 Å². The predicted octanol–water partition coefficient (Wildman–Crippen LogP) is 1.66. The second-order valence-electron chi connectivity index (χ2n) is 5.39. The summed E-state index contributed by atoms with van der Waals surface area (Å²) in [4.78, 5) is 7.48. The lowest BCUT2D eigenvalue weighted by molar-refractivity contribution is 0.268. The molecule has 2 N–H and O–H groups in total. The van der Waals surface area contributed by atoms with Crippen LogP contribution in [0.15, 0.2) is 12.4 Å². The number of hydrogen-bond donors (Lipinski definition) is 2. The molecule has 19 heavy (non-hydrogen) atoms. The number of aromatic nitrogens is 2. The maximum atomic E-state index is 11.8. The Bertz CT molecular complexity index is 484. The Labute approximate surface area is 115 Å². The van der Waals surface area contributed by atoms with Gasteiger partial charge in [0.2, 0.25) is 0 Å². The van der Waals surface area contributed by atoms with Crippen LogP contribution in [-0.4, -0.2) is 36.4 Å². The molecule has 0 amide bonds. The van der Waals surface area contributed by atoms with Crippen LogP contribution < -0.4 is 5.32 Å². The number of H-pyrrole nitrogens is 1. The van der Waals surface area contributed by atoms with E-state index in [0.717, 1.165) is 38.1 Å². The van der Waals surface area contributed by atoms with Gasteiger partial charge in [-0.05, 0) is 31.7 Å². The van der Waals surface area contributed by atoms with Crippen molar-refractivity contribution in [1.82, 2.24) is 15.3 Å². The summed E-state index contributed by atoms with van der Waals surface area (Å²) in [6, 6.07) is 0.129. The summed E-state index contributed by atoms with van der Waals surface area (Å²) in [5, 5.41) is 3.25. The molecule has 1 fully saturated rings. The van der Waals surface area contributed by atoms with Gasteiger partial charge in [0.25, 0.3) is 0 Å². The second kappa shape index (κ2) is 6.05. The number of nitrogens with one attached hydrogen (secondary N) is 2. The first-order chi connectivity index (χ1) is 9.02. The maximum Gasteiger partial charge on any atom is 0.150 e. The number of imidazole rings is 1. The monoisotopic (exact) mass is 285 g/mol. The molecule has 2 rings (SSSR count). The first-order valence-corrected chi connectivity index (χ1v) is 8.89. The third-order valence-corrected chi connectivity index (χ3v) is 5.62. The van der Waals surface area contributed by atoms with Crippen molar-refractivity contribution in [3.8, 4) is 0 Å². The van der Waals surface area contributed by atoms with Gasteiger partial charge in [-0.25, -0.2) is 13.4 Å². The molecule has 0 bridgehead atoms. The van der Waals surface area contributed by atoms with Crippen molar-refractivity contribution >= 4 is 9.84 Å². The highest BCUT2D eigenvalue weighted by Crippen LogP contribution is 2.35. The van der Waals surface area contributed by atoms with E-state index in [9.17, 15) is 8.42 Å². The van der Waals surface area contributed by atoms with E-state index in [0.29, 0.717) is 5.92 Å². The average Bonchev–Trinajstić information content (AvgIpc) is 2.88. The number of nitrogens with zero attached hydrogens (tertiary/aromatic N) is 1. The van der Waals surface area contributed by atoms with Crippen molar-refractivity contribution in [2.24, 2.45) is 5.92 Å². The summed E-state index contributed by atoms with van der Waals surface area (Å²) in [6.45, 7) is 2.91. The Hall–Kier alpha value is -0.880. The fraction of sp³-hybridized carbons (Fsp3) is 0.769. The van der Waals surface area contributed by atoms with Crippen LogP contribution in [0, 0.1) is 5.92 Å². The number of aromatic amines is 1. The molecule has 1 aliphatic carbocycles. The van der Waals surface area contributed by atoms with Gasteiger partial charge < -0.3 is 10.3 Å². The normalized spacial score (nSPS) is 26.2. The molecular weight excluding hydrogens is 262 g/mol. The molecule has 0 saturated heterocycles. The second-order valence-corrected chi connectivity index (χ2v) is 7.71. The topological polar surface area (TPSA) is 74.8 Å². The zero-order valence-corrected chi connectivity index (χ0v) is 12.4. The van der Waals surface area contributed by atoms with Gasteiger partial charge in [0, 0.05) is 18.6 Å². The van der Waals surface area contributed by atoms with E-state index < -0.39 is 9.84 Å². The molecule has 1 heterocycles. The maximum absolute atomic E-state index is 11.8. The Morgan fingerprint density at radius 1 is 1.53 bits per heavy atom. The van der Waals surface area contributed by atoms with E-state index >= 15 is 0 Å². The van der Waals surface area contributed by atoms with E-state index in [1.54, 1.807) is 6.20 Å². The molecule has 0 radical (unpaired) electrons. The van der Waals surface area contributed by atoms with Crippen LogP contribution in [0.3, 0.4) is 0 Å². The molecule has 5 nitrogen and oxygen atoms in total. The van der Waals surface area contributed by atoms with Gasteiger partial charge in [-0.2, -0.15) is 0 Å².